The van der Waals surface area contributed by atoms with Crippen molar-refractivity contribution in [1.29, 1.82) is 0 Å². The van der Waals surface area contributed by atoms with Crippen LogP contribution in [0.1, 0.15) is 16.1 Å². The molecule has 2 N–H and O–H groups in total. The van der Waals surface area contributed by atoms with E-state index < -0.39 is 24.7 Å². The molecule has 11 heteroatoms. The summed E-state index contributed by atoms with van der Waals surface area (Å²) in [6.07, 6.45) is -3.03. The minimum Gasteiger partial charge on any atom is -0.349 e. The molecule has 1 aromatic carbocycles. The molecule has 1 aromatic heterocycles. The zero-order valence-corrected chi connectivity index (χ0v) is 16.1. The number of halogens is 4. The summed E-state index contributed by atoms with van der Waals surface area (Å²) in [6, 6.07) is 5.69. The largest absolute Gasteiger partial charge is 0.405 e. The Labute approximate surface area is 166 Å². The zero-order chi connectivity index (χ0) is 19.4. The van der Waals surface area contributed by atoms with Crippen molar-refractivity contribution in [1.82, 2.24) is 30.5 Å². The van der Waals surface area contributed by atoms with Gasteiger partial charge in [-0.05, 0) is 24.6 Å². The van der Waals surface area contributed by atoms with Crippen LogP contribution in [0.5, 0.6) is 0 Å². The molecule has 1 atom stereocenters. The lowest BCUT2D eigenvalue weighted by atomic mass is 10.2. The molecule has 1 saturated heterocycles. The van der Waals surface area contributed by atoms with Crippen molar-refractivity contribution in [2.24, 2.45) is 0 Å². The Morgan fingerprint density at radius 1 is 1.32 bits per heavy atom. The lowest BCUT2D eigenvalue weighted by Gasteiger charge is -2.35. The number of piperazine rings is 1. The van der Waals surface area contributed by atoms with Gasteiger partial charge < -0.3 is 10.6 Å². The summed E-state index contributed by atoms with van der Waals surface area (Å²) in [5, 5.41) is 13.0. The van der Waals surface area contributed by atoms with Gasteiger partial charge in [0.1, 0.15) is 6.04 Å². The molecule has 0 radical (unpaired) electrons. The minimum absolute atomic E-state index is 0. The number of nitrogens with one attached hydrogen (secondary N) is 2. The Balaban J connectivity index is 0.00000280. The fourth-order valence-electron chi connectivity index (χ4n) is 2.99. The maximum Gasteiger partial charge on any atom is 0.405 e. The van der Waals surface area contributed by atoms with Crippen molar-refractivity contribution in [2.75, 3.05) is 32.7 Å². The number of nitrogens with zero attached hydrogens (tertiary/aromatic N) is 4. The lowest BCUT2D eigenvalue weighted by Crippen LogP contribution is -2.57. The molecule has 1 fully saturated rings. The predicted molar refractivity (Wildman–Crippen MR) is 100.0 cm³/mol. The molecule has 2 aromatic rings. The van der Waals surface area contributed by atoms with Gasteiger partial charge in [-0.15, -0.1) is 17.5 Å². The van der Waals surface area contributed by atoms with E-state index in [0.29, 0.717) is 13.1 Å². The molecule has 154 valence electrons. The Hall–Kier alpha value is -2.17. The molecular formula is C17H22ClF3N6O. The first-order valence-corrected chi connectivity index (χ1v) is 8.63. The van der Waals surface area contributed by atoms with Crippen molar-refractivity contribution in [2.45, 2.75) is 19.1 Å². The Kier molecular flexibility index (Phi) is 7.39. The van der Waals surface area contributed by atoms with Gasteiger partial charge in [-0.2, -0.15) is 13.2 Å². The van der Waals surface area contributed by atoms with Crippen molar-refractivity contribution in [3.8, 4) is 5.69 Å². The quantitative estimate of drug-likeness (QED) is 0.771. The van der Waals surface area contributed by atoms with Gasteiger partial charge in [-0.3, -0.25) is 9.69 Å². The SMILES string of the molecule is Cc1cccc(-n2cc(C(=O)NCC(N3CCNCC3)C(F)(F)F)nn2)c1.Cl. The fourth-order valence-corrected chi connectivity index (χ4v) is 2.99. The second kappa shape index (κ2) is 9.35. The number of hydrogen-bond acceptors (Lipinski definition) is 5. The maximum absolute atomic E-state index is 13.4. The number of amides is 1. The zero-order valence-electron chi connectivity index (χ0n) is 15.2. The summed E-state index contributed by atoms with van der Waals surface area (Å²) in [5.74, 6) is -0.682. The Bertz CT molecular complexity index is 791. The molecule has 1 aliphatic rings. The first kappa shape index (κ1) is 22.1. The average molecular weight is 419 g/mol. The molecule has 3 rings (SSSR count). The van der Waals surface area contributed by atoms with Crippen molar-refractivity contribution in [3.63, 3.8) is 0 Å². The molecule has 7 nitrogen and oxygen atoms in total. The van der Waals surface area contributed by atoms with E-state index in [1.54, 1.807) is 6.07 Å². The van der Waals surface area contributed by atoms with E-state index in [2.05, 4.69) is 20.9 Å². The predicted octanol–water partition coefficient (Wildman–Crippen LogP) is 1.56. The van der Waals surface area contributed by atoms with Gasteiger partial charge in [-0.1, -0.05) is 17.3 Å². The second-order valence-electron chi connectivity index (χ2n) is 6.44. The van der Waals surface area contributed by atoms with Crippen LogP contribution in [0.15, 0.2) is 30.5 Å². The highest BCUT2D eigenvalue weighted by Crippen LogP contribution is 2.24. The molecule has 0 spiro atoms. The maximum atomic E-state index is 13.4. The molecule has 0 aliphatic carbocycles. The van der Waals surface area contributed by atoms with Crippen LogP contribution in [-0.2, 0) is 0 Å². The molecular weight excluding hydrogens is 397 g/mol. The highest BCUT2D eigenvalue weighted by Gasteiger charge is 2.43. The third-order valence-electron chi connectivity index (χ3n) is 4.42. The van der Waals surface area contributed by atoms with Crippen LogP contribution in [0.4, 0.5) is 13.2 Å². The Morgan fingerprint density at radius 3 is 2.68 bits per heavy atom. The lowest BCUT2D eigenvalue weighted by molar-refractivity contribution is -0.183. The van der Waals surface area contributed by atoms with Gasteiger partial charge in [0, 0.05) is 32.7 Å². The molecule has 1 aliphatic heterocycles. The van der Waals surface area contributed by atoms with E-state index >= 15 is 0 Å². The molecule has 1 amide bonds. The minimum atomic E-state index is -4.43. The third-order valence-corrected chi connectivity index (χ3v) is 4.42. The molecule has 0 bridgehead atoms. The number of carbonyl (C=O) groups is 1. The van der Waals surface area contributed by atoms with Crippen LogP contribution in [0.2, 0.25) is 0 Å². The Morgan fingerprint density at radius 2 is 2.04 bits per heavy atom. The topological polar surface area (TPSA) is 75.1 Å². The number of aryl methyl sites for hydroxylation is 1. The van der Waals surface area contributed by atoms with Crippen LogP contribution in [0, 0.1) is 6.92 Å². The first-order valence-electron chi connectivity index (χ1n) is 8.63. The van der Waals surface area contributed by atoms with Crippen LogP contribution in [0.25, 0.3) is 5.69 Å². The molecule has 2 heterocycles. The number of aromatic nitrogens is 3. The summed E-state index contributed by atoms with van der Waals surface area (Å²) in [7, 11) is 0. The summed E-state index contributed by atoms with van der Waals surface area (Å²) >= 11 is 0. The van der Waals surface area contributed by atoms with Crippen LogP contribution >= 0.6 is 12.4 Å². The smallest absolute Gasteiger partial charge is 0.349 e. The van der Waals surface area contributed by atoms with Gasteiger partial charge in [0.05, 0.1) is 11.9 Å². The van der Waals surface area contributed by atoms with E-state index in [1.807, 2.05) is 25.1 Å². The van der Waals surface area contributed by atoms with Crippen LogP contribution in [0.3, 0.4) is 0 Å². The molecule has 0 saturated carbocycles. The van der Waals surface area contributed by atoms with Crippen molar-refractivity contribution >= 4 is 18.3 Å². The van der Waals surface area contributed by atoms with Gasteiger partial charge >= 0.3 is 6.18 Å². The molecule has 28 heavy (non-hydrogen) atoms. The number of alkyl halides is 3. The fraction of sp³-hybridized carbons (Fsp3) is 0.471. The van der Waals surface area contributed by atoms with E-state index in [1.165, 1.54) is 15.8 Å². The number of carbonyl (C=O) groups excluding carboxylic acids is 1. The first-order chi connectivity index (χ1) is 12.8. The van der Waals surface area contributed by atoms with Gasteiger partial charge in [-0.25, -0.2) is 4.68 Å². The van der Waals surface area contributed by atoms with Crippen LogP contribution in [-0.4, -0.2) is 70.7 Å². The molecule has 1 unspecified atom stereocenters. The monoisotopic (exact) mass is 418 g/mol. The van der Waals surface area contributed by atoms with E-state index in [4.69, 9.17) is 0 Å². The summed E-state index contributed by atoms with van der Waals surface area (Å²) < 4.78 is 41.5. The number of rotatable bonds is 5. The standard InChI is InChI=1S/C17H21F3N6O.ClH/c1-12-3-2-4-13(9-12)26-11-14(23-24-26)16(27)22-10-15(17(18,19)20)25-7-5-21-6-8-25;/h2-4,9,11,15,21H,5-8,10H2,1H3,(H,22,27);1H. The second-order valence-corrected chi connectivity index (χ2v) is 6.44. The highest BCUT2D eigenvalue weighted by molar-refractivity contribution is 5.91. The summed E-state index contributed by atoms with van der Waals surface area (Å²) in [5.41, 5.74) is 1.70. The van der Waals surface area contributed by atoms with Crippen molar-refractivity contribution < 1.29 is 18.0 Å². The van der Waals surface area contributed by atoms with E-state index in [0.717, 1.165) is 11.3 Å². The normalized spacial score (nSPS) is 16.3. The van der Waals surface area contributed by atoms with Gasteiger partial charge in [0.2, 0.25) is 0 Å². The van der Waals surface area contributed by atoms with Crippen LogP contribution < -0.4 is 10.6 Å². The third kappa shape index (κ3) is 5.43. The van der Waals surface area contributed by atoms with Gasteiger partial charge in [0.25, 0.3) is 5.91 Å². The van der Waals surface area contributed by atoms with E-state index in [-0.39, 0.29) is 31.2 Å². The average Bonchev–Trinajstić information content (AvgIpc) is 3.12. The van der Waals surface area contributed by atoms with Crippen molar-refractivity contribution in [3.05, 3.63) is 41.7 Å². The summed E-state index contributed by atoms with van der Waals surface area (Å²) in [6.45, 7) is 2.94. The van der Waals surface area contributed by atoms with Gasteiger partial charge in [0.15, 0.2) is 5.69 Å². The van der Waals surface area contributed by atoms with E-state index in [9.17, 15) is 18.0 Å². The summed E-state index contributed by atoms with van der Waals surface area (Å²) in [4.78, 5) is 13.6. The number of hydrogen-bond donors (Lipinski definition) is 2. The highest BCUT2D eigenvalue weighted by atomic mass is 35.5. The number of benzene rings is 1.